The van der Waals surface area contributed by atoms with Crippen molar-refractivity contribution in [3.63, 3.8) is 0 Å². The van der Waals surface area contributed by atoms with Gasteiger partial charge in [0.05, 0.1) is 5.56 Å². The second-order valence-corrected chi connectivity index (χ2v) is 9.03. The second-order valence-electron chi connectivity index (χ2n) is 9.03. The maximum Gasteiger partial charge on any atom is 0.416 e. The van der Waals surface area contributed by atoms with Crippen LogP contribution in [0.5, 0.6) is 5.75 Å². The zero-order chi connectivity index (χ0) is 23.4. The minimum atomic E-state index is -4.38. The van der Waals surface area contributed by atoms with E-state index in [1.807, 2.05) is 13.8 Å². The highest BCUT2D eigenvalue weighted by molar-refractivity contribution is 5.86. The lowest BCUT2D eigenvalue weighted by molar-refractivity contribution is -0.137. The summed E-state index contributed by atoms with van der Waals surface area (Å²) in [4.78, 5) is 26.7. The van der Waals surface area contributed by atoms with Gasteiger partial charge in [-0.25, -0.2) is 4.79 Å². The van der Waals surface area contributed by atoms with E-state index in [1.54, 1.807) is 25.7 Å². The number of alkyl carbamates (subject to hydrolysis) is 1. The Morgan fingerprint density at radius 2 is 1.61 bits per heavy atom. The molecule has 1 heterocycles. The van der Waals surface area contributed by atoms with Crippen molar-refractivity contribution in [3.05, 3.63) is 29.8 Å². The average molecular weight is 444 g/mol. The van der Waals surface area contributed by atoms with Crippen LogP contribution in [0.3, 0.4) is 0 Å². The van der Waals surface area contributed by atoms with Crippen LogP contribution >= 0.6 is 0 Å². The molecule has 1 atom stereocenters. The molecule has 2 rings (SSSR count). The fourth-order valence-corrected chi connectivity index (χ4v) is 3.25. The summed E-state index contributed by atoms with van der Waals surface area (Å²) in [5.41, 5.74) is -1.39. The number of likely N-dealkylation sites (tertiary alicyclic amines) is 1. The van der Waals surface area contributed by atoms with Crippen molar-refractivity contribution < 1.29 is 32.2 Å². The molecule has 1 aliphatic rings. The summed E-state index contributed by atoms with van der Waals surface area (Å²) in [6, 6.07) is 3.88. The highest BCUT2D eigenvalue weighted by Gasteiger charge is 2.33. The number of hydrogen-bond acceptors (Lipinski definition) is 4. The van der Waals surface area contributed by atoms with E-state index in [9.17, 15) is 22.8 Å². The van der Waals surface area contributed by atoms with Gasteiger partial charge in [-0.05, 0) is 51.0 Å². The molecule has 0 spiro atoms. The summed E-state index contributed by atoms with van der Waals surface area (Å²) in [7, 11) is 0. The molecule has 1 aliphatic heterocycles. The predicted molar refractivity (Wildman–Crippen MR) is 110 cm³/mol. The minimum Gasteiger partial charge on any atom is -0.490 e. The van der Waals surface area contributed by atoms with Gasteiger partial charge >= 0.3 is 12.3 Å². The van der Waals surface area contributed by atoms with Gasteiger partial charge in [0, 0.05) is 25.9 Å². The molecule has 0 radical (unpaired) electrons. The van der Waals surface area contributed by atoms with Crippen molar-refractivity contribution in [1.29, 1.82) is 0 Å². The molecular weight excluding hydrogens is 413 g/mol. The number of alkyl halides is 3. The minimum absolute atomic E-state index is 0.124. The molecule has 31 heavy (non-hydrogen) atoms. The van der Waals surface area contributed by atoms with Crippen LogP contribution in [0.4, 0.5) is 18.0 Å². The van der Waals surface area contributed by atoms with Crippen molar-refractivity contribution in [2.75, 3.05) is 13.1 Å². The SMILES string of the molecule is CC(C)[C@H](NC(=O)OC(C)(C)C)C(=O)N1CCC(Oc2ccc(C(F)(F)F)cc2)CC1. The van der Waals surface area contributed by atoms with E-state index in [1.165, 1.54) is 12.1 Å². The highest BCUT2D eigenvalue weighted by atomic mass is 19.4. The largest absolute Gasteiger partial charge is 0.490 e. The lowest BCUT2D eigenvalue weighted by Crippen LogP contribution is -2.54. The molecule has 1 aromatic rings. The van der Waals surface area contributed by atoms with Crippen molar-refractivity contribution in [3.8, 4) is 5.75 Å². The first-order valence-corrected chi connectivity index (χ1v) is 10.4. The number of hydrogen-bond donors (Lipinski definition) is 1. The van der Waals surface area contributed by atoms with Gasteiger partial charge in [0.1, 0.15) is 23.5 Å². The summed E-state index contributed by atoms with van der Waals surface area (Å²) in [6.45, 7) is 9.81. The van der Waals surface area contributed by atoms with E-state index in [2.05, 4.69) is 5.32 Å². The molecule has 0 unspecified atom stereocenters. The van der Waals surface area contributed by atoms with Crippen LogP contribution in [-0.2, 0) is 15.7 Å². The van der Waals surface area contributed by atoms with E-state index in [-0.39, 0.29) is 17.9 Å². The number of piperidine rings is 1. The standard InChI is InChI=1S/C22H31F3N2O4/c1-14(2)18(26-20(29)31-21(3,4)5)19(28)27-12-10-17(11-13-27)30-16-8-6-15(7-9-16)22(23,24)25/h6-9,14,17-18H,10-13H2,1-5H3,(H,26,29)/t18-/m0/s1. The van der Waals surface area contributed by atoms with Gasteiger partial charge in [0.25, 0.3) is 0 Å². The van der Waals surface area contributed by atoms with Gasteiger partial charge in [-0.1, -0.05) is 13.8 Å². The zero-order valence-electron chi connectivity index (χ0n) is 18.6. The van der Waals surface area contributed by atoms with Crippen LogP contribution in [0.25, 0.3) is 0 Å². The predicted octanol–water partition coefficient (Wildman–Crippen LogP) is 4.62. The molecule has 1 fully saturated rings. The number of carbonyl (C=O) groups excluding carboxylic acids is 2. The van der Waals surface area contributed by atoms with Crippen LogP contribution < -0.4 is 10.1 Å². The lowest BCUT2D eigenvalue weighted by Gasteiger charge is -2.35. The van der Waals surface area contributed by atoms with E-state index >= 15 is 0 Å². The summed E-state index contributed by atoms with van der Waals surface area (Å²) < 4.78 is 49.0. The zero-order valence-corrected chi connectivity index (χ0v) is 18.6. The fraction of sp³-hybridized carbons (Fsp3) is 0.636. The van der Waals surface area contributed by atoms with Gasteiger partial charge in [0.15, 0.2) is 0 Å². The second kappa shape index (κ2) is 9.78. The van der Waals surface area contributed by atoms with Crippen LogP contribution in [-0.4, -0.2) is 47.7 Å². The van der Waals surface area contributed by atoms with E-state index in [4.69, 9.17) is 9.47 Å². The fourth-order valence-electron chi connectivity index (χ4n) is 3.25. The average Bonchev–Trinajstić information content (AvgIpc) is 2.64. The smallest absolute Gasteiger partial charge is 0.416 e. The molecule has 2 amide bonds. The molecule has 0 saturated carbocycles. The topological polar surface area (TPSA) is 67.9 Å². The van der Waals surface area contributed by atoms with Crippen LogP contribution in [0, 0.1) is 5.92 Å². The number of halogens is 3. The molecule has 1 N–H and O–H groups in total. The van der Waals surface area contributed by atoms with Gasteiger partial charge in [0.2, 0.25) is 5.91 Å². The van der Waals surface area contributed by atoms with Gasteiger partial charge < -0.3 is 19.7 Å². The molecule has 1 aromatic carbocycles. The van der Waals surface area contributed by atoms with Crippen molar-refractivity contribution >= 4 is 12.0 Å². The molecular formula is C22H31F3N2O4. The number of benzene rings is 1. The first-order chi connectivity index (χ1) is 14.3. The van der Waals surface area contributed by atoms with E-state index in [0.717, 1.165) is 12.1 Å². The Kier molecular flexibility index (Phi) is 7.83. The third-order valence-electron chi connectivity index (χ3n) is 4.84. The Hall–Kier alpha value is -2.45. The molecule has 0 aromatic heterocycles. The number of carbonyl (C=O) groups is 2. The maximum absolute atomic E-state index is 12.9. The third kappa shape index (κ3) is 7.63. The Labute approximate surface area is 181 Å². The number of nitrogens with zero attached hydrogens (tertiary/aromatic N) is 1. The third-order valence-corrected chi connectivity index (χ3v) is 4.84. The summed E-state index contributed by atoms with van der Waals surface area (Å²) in [5.74, 6) is 0.0550. The van der Waals surface area contributed by atoms with Crippen LogP contribution in [0.2, 0.25) is 0 Å². The molecule has 1 saturated heterocycles. The summed E-state index contributed by atoms with van der Waals surface area (Å²) in [6.07, 6.45) is -4.13. The Morgan fingerprint density at radius 1 is 1.06 bits per heavy atom. The number of nitrogens with one attached hydrogen (secondary N) is 1. The molecule has 9 heteroatoms. The van der Waals surface area contributed by atoms with Crippen LogP contribution in [0.1, 0.15) is 53.0 Å². The Balaban J connectivity index is 1.90. The normalized spacial score (nSPS) is 16.7. The molecule has 6 nitrogen and oxygen atoms in total. The molecule has 174 valence electrons. The number of ether oxygens (including phenoxy) is 2. The van der Waals surface area contributed by atoms with Gasteiger partial charge in [-0.15, -0.1) is 0 Å². The van der Waals surface area contributed by atoms with Crippen molar-refractivity contribution in [2.45, 2.75) is 71.4 Å². The first-order valence-electron chi connectivity index (χ1n) is 10.4. The van der Waals surface area contributed by atoms with Crippen LogP contribution in [0.15, 0.2) is 24.3 Å². The lowest BCUT2D eigenvalue weighted by atomic mass is 10.0. The van der Waals surface area contributed by atoms with E-state index < -0.39 is 29.5 Å². The Bertz CT molecular complexity index is 750. The summed E-state index contributed by atoms with van der Waals surface area (Å²) >= 11 is 0. The molecule has 0 bridgehead atoms. The van der Waals surface area contributed by atoms with Crippen molar-refractivity contribution in [1.82, 2.24) is 10.2 Å². The molecule has 0 aliphatic carbocycles. The van der Waals surface area contributed by atoms with Gasteiger partial charge in [-0.3, -0.25) is 4.79 Å². The van der Waals surface area contributed by atoms with E-state index in [0.29, 0.717) is 31.7 Å². The summed E-state index contributed by atoms with van der Waals surface area (Å²) in [5, 5.41) is 2.66. The maximum atomic E-state index is 12.9. The highest BCUT2D eigenvalue weighted by Crippen LogP contribution is 2.31. The van der Waals surface area contributed by atoms with Gasteiger partial charge in [-0.2, -0.15) is 13.2 Å². The number of amides is 2. The number of rotatable bonds is 5. The Morgan fingerprint density at radius 3 is 2.06 bits per heavy atom. The first kappa shape index (κ1) is 24.8. The quantitative estimate of drug-likeness (QED) is 0.719. The monoisotopic (exact) mass is 444 g/mol. The van der Waals surface area contributed by atoms with Crippen molar-refractivity contribution in [2.24, 2.45) is 5.92 Å².